The van der Waals surface area contributed by atoms with E-state index < -0.39 is 0 Å². The Morgan fingerprint density at radius 2 is 1.92 bits per heavy atom. The highest BCUT2D eigenvalue weighted by Gasteiger charge is 2.21. The maximum absolute atomic E-state index is 5.28. The number of rotatable bonds is 3. The van der Waals surface area contributed by atoms with Gasteiger partial charge in [-0.2, -0.15) is 5.10 Å². The van der Waals surface area contributed by atoms with E-state index in [4.69, 9.17) is 9.84 Å². The molecule has 0 amide bonds. The van der Waals surface area contributed by atoms with E-state index in [0.29, 0.717) is 0 Å². The average Bonchev–Trinajstić information content (AvgIpc) is 2.83. The second kappa shape index (κ2) is 6.63. The summed E-state index contributed by atoms with van der Waals surface area (Å²) in [6.07, 6.45) is 3.43. The van der Waals surface area contributed by atoms with Crippen molar-refractivity contribution >= 4 is 5.82 Å². The van der Waals surface area contributed by atoms with Gasteiger partial charge in [-0.05, 0) is 56.5 Å². The minimum atomic E-state index is 0.855. The molecule has 0 aliphatic carbocycles. The molecule has 0 saturated carbocycles. The van der Waals surface area contributed by atoms with Crippen molar-refractivity contribution in [3.63, 3.8) is 0 Å². The molecule has 1 aliphatic heterocycles. The van der Waals surface area contributed by atoms with Crippen LogP contribution in [0.15, 0.2) is 48.5 Å². The van der Waals surface area contributed by atoms with Crippen molar-refractivity contribution in [1.29, 1.82) is 0 Å². The number of hydrogen-bond acceptors (Lipinski definition) is 3. The molecule has 2 heterocycles. The Hall–Kier alpha value is -2.75. The third kappa shape index (κ3) is 3.00. The highest BCUT2D eigenvalue weighted by Crippen LogP contribution is 2.34. The van der Waals surface area contributed by atoms with Crippen molar-refractivity contribution in [2.45, 2.75) is 26.2 Å². The number of benzene rings is 2. The van der Waals surface area contributed by atoms with Crippen LogP contribution >= 0.6 is 0 Å². The van der Waals surface area contributed by atoms with E-state index in [2.05, 4.69) is 48.6 Å². The van der Waals surface area contributed by atoms with Gasteiger partial charge in [0.1, 0.15) is 11.6 Å². The second-order valence-electron chi connectivity index (χ2n) is 6.54. The van der Waals surface area contributed by atoms with Crippen LogP contribution in [0.2, 0.25) is 0 Å². The molecule has 1 aromatic heterocycles. The van der Waals surface area contributed by atoms with E-state index in [9.17, 15) is 0 Å². The molecule has 1 aliphatic rings. The Morgan fingerprint density at radius 1 is 1.08 bits per heavy atom. The second-order valence-corrected chi connectivity index (χ2v) is 6.54. The molecule has 25 heavy (non-hydrogen) atoms. The van der Waals surface area contributed by atoms with Crippen LogP contribution < -0.4 is 10.1 Å². The monoisotopic (exact) mass is 333 g/mol. The first-order valence-corrected chi connectivity index (χ1v) is 8.83. The van der Waals surface area contributed by atoms with Crippen molar-refractivity contribution in [2.75, 3.05) is 19.0 Å². The van der Waals surface area contributed by atoms with Gasteiger partial charge in [0, 0.05) is 17.7 Å². The molecule has 4 nitrogen and oxygen atoms in total. The zero-order chi connectivity index (χ0) is 17.2. The van der Waals surface area contributed by atoms with Crippen molar-refractivity contribution in [3.05, 3.63) is 59.7 Å². The number of anilines is 1. The number of methoxy groups -OCH3 is 1. The molecule has 4 heteroatoms. The first-order valence-electron chi connectivity index (χ1n) is 8.83. The number of hydrogen-bond donors (Lipinski definition) is 1. The van der Waals surface area contributed by atoms with Crippen LogP contribution in [0.4, 0.5) is 5.82 Å². The molecule has 0 unspecified atom stereocenters. The zero-order valence-corrected chi connectivity index (χ0v) is 14.7. The van der Waals surface area contributed by atoms with Gasteiger partial charge in [0.15, 0.2) is 0 Å². The summed E-state index contributed by atoms with van der Waals surface area (Å²) >= 11 is 0. The molecule has 3 aromatic rings. The van der Waals surface area contributed by atoms with E-state index in [-0.39, 0.29) is 0 Å². The molecule has 1 N–H and O–H groups in total. The summed E-state index contributed by atoms with van der Waals surface area (Å²) < 4.78 is 7.32. The van der Waals surface area contributed by atoms with Gasteiger partial charge in [-0.15, -0.1) is 0 Å². The van der Waals surface area contributed by atoms with E-state index in [1.807, 2.05) is 16.8 Å². The summed E-state index contributed by atoms with van der Waals surface area (Å²) in [6.45, 7) is 3.11. The number of aromatic nitrogens is 2. The number of fused-ring (bicyclic) bond motifs is 1. The predicted octanol–water partition coefficient (Wildman–Crippen LogP) is 4.60. The average molecular weight is 333 g/mol. The largest absolute Gasteiger partial charge is 0.497 e. The lowest BCUT2D eigenvalue weighted by Crippen LogP contribution is -2.07. The van der Waals surface area contributed by atoms with Crippen LogP contribution in [-0.4, -0.2) is 23.4 Å². The standard InChI is InChI=1S/C21H23N3O/c1-15-6-5-7-16(14-15)20-19-8-3-4-13-22-21(19)24(23-20)17-9-11-18(25-2)12-10-17/h5-7,9-12,14,22H,3-4,8,13H2,1-2H3. The van der Waals surface area contributed by atoms with Crippen LogP contribution in [0.25, 0.3) is 16.9 Å². The summed E-state index contributed by atoms with van der Waals surface area (Å²) in [7, 11) is 1.69. The third-order valence-corrected chi connectivity index (χ3v) is 4.74. The molecule has 128 valence electrons. The quantitative estimate of drug-likeness (QED) is 0.761. The molecule has 2 aromatic carbocycles. The van der Waals surface area contributed by atoms with E-state index in [0.717, 1.165) is 35.9 Å². The fourth-order valence-electron chi connectivity index (χ4n) is 3.44. The van der Waals surface area contributed by atoms with Crippen LogP contribution in [0, 0.1) is 6.92 Å². The highest BCUT2D eigenvalue weighted by atomic mass is 16.5. The third-order valence-electron chi connectivity index (χ3n) is 4.74. The summed E-state index contributed by atoms with van der Waals surface area (Å²) in [6, 6.07) is 16.7. The maximum Gasteiger partial charge on any atom is 0.133 e. The minimum absolute atomic E-state index is 0.855. The van der Waals surface area contributed by atoms with Crippen molar-refractivity contribution < 1.29 is 4.74 Å². The van der Waals surface area contributed by atoms with E-state index in [1.54, 1.807) is 7.11 Å². The molecule has 0 atom stereocenters. The van der Waals surface area contributed by atoms with Crippen molar-refractivity contribution in [3.8, 4) is 22.7 Å². The summed E-state index contributed by atoms with van der Waals surface area (Å²) in [5.41, 5.74) is 5.90. The van der Waals surface area contributed by atoms with Gasteiger partial charge in [0.2, 0.25) is 0 Å². The van der Waals surface area contributed by atoms with Gasteiger partial charge in [0.05, 0.1) is 18.5 Å². The van der Waals surface area contributed by atoms with Gasteiger partial charge in [-0.3, -0.25) is 0 Å². The van der Waals surface area contributed by atoms with Gasteiger partial charge >= 0.3 is 0 Å². The number of nitrogens with one attached hydrogen (secondary N) is 1. The number of ether oxygens (including phenoxy) is 1. The Labute approximate surface area is 148 Å². The van der Waals surface area contributed by atoms with Crippen molar-refractivity contribution in [2.24, 2.45) is 0 Å². The summed E-state index contributed by atoms with van der Waals surface area (Å²) in [5, 5.41) is 8.58. The van der Waals surface area contributed by atoms with Gasteiger partial charge in [-0.1, -0.05) is 23.8 Å². The fourth-order valence-corrected chi connectivity index (χ4v) is 3.44. The van der Waals surface area contributed by atoms with Gasteiger partial charge in [-0.25, -0.2) is 4.68 Å². The maximum atomic E-state index is 5.28. The Morgan fingerprint density at radius 3 is 2.68 bits per heavy atom. The highest BCUT2D eigenvalue weighted by molar-refractivity contribution is 5.71. The van der Waals surface area contributed by atoms with Crippen LogP contribution in [0.5, 0.6) is 5.75 Å². The fraction of sp³-hybridized carbons (Fsp3) is 0.286. The van der Waals surface area contributed by atoms with Crippen LogP contribution in [-0.2, 0) is 6.42 Å². The summed E-state index contributed by atoms with van der Waals surface area (Å²) in [5.74, 6) is 1.98. The van der Waals surface area contributed by atoms with E-state index >= 15 is 0 Å². The molecular formula is C21H23N3O. The van der Waals surface area contributed by atoms with E-state index in [1.165, 1.54) is 29.5 Å². The smallest absolute Gasteiger partial charge is 0.133 e. The van der Waals surface area contributed by atoms with Crippen molar-refractivity contribution in [1.82, 2.24) is 9.78 Å². The van der Waals surface area contributed by atoms with Gasteiger partial charge < -0.3 is 10.1 Å². The first-order chi connectivity index (χ1) is 12.3. The lowest BCUT2D eigenvalue weighted by molar-refractivity contribution is 0.414. The molecule has 0 radical (unpaired) electrons. The van der Waals surface area contributed by atoms with Gasteiger partial charge in [0.25, 0.3) is 0 Å². The Balaban J connectivity index is 1.86. The van der Waals surface area contributed by atoms with Crippen LogP contribution in [0.3, 0.4) is 0 Å². The molecule has 0 bridgehead atoms. The molecule has 0 fully saturated rings. The number of nitrogens with zero attached hydrogens (tertiary/aromatic N) is 2. The summed E-state index contributed by atoms with van der Waals surface area (Å²) in [4.78, 5) is 0. The Bertz CT molecular complexity index is 881. The normalized spacial score (nSPS) is 13.7. The minimum Gasteiger partial charge on any atom is -0.497 e. The van der Waals surface area contributed by atoms with Crippen LogP contribution in [0.1, 0.15) is 24.0 Å². The number of aryl methyl sites for hydroxylation is 1. The topological polar surface area (TPSA) is 39.1 Å². The lowest BCUT2D eigenvalue weighted by atomic mass is 10.0. The molecule has 0 spiro atoms. The molecular weight excluding hydrogens is 310 g/mol. The predicted molar refractivity (Wildman–Crippen MR) is 102 cm³/mol. The first kappa shape index (κ1) is 15.8. The SMILES string of the molecule is COc1ccc(-n2nc(-c3cccc(C)c3)c3c2NCCCC3)cc1. The lowest BCUT2D eigenvalue weighted by Gasteiger charge is -2.09. The Kier molecular flexibility index (Phi) is 4.18. The zero-order valence-electron chi connectivity index (χ0n) is 14.7. The molecule has 4 rings (SSSR count). The molecule has 0 saturated heterocycles.